The monoisotopic (exact) mass is 366 g/mol. The number of carbonyl (C=O) groups is 1. The Hall–Kier alpha value is -3.85. The first-order valence-electron chi connectivity index (χ1n) is 8.96. The Bertz CT molecular complexity index is 1070. The third kappa shape index (κ3) is 3.94. The van der Waals surface area contributed by atoms with E-state index in [4.69, 9.17) is 9.84 Å². The van der Waals surface area contributed by atoms with Crippen molar-refractivity contribution in [1.29, 1.82) is 0 Å². The molecule has 4 aromatic carbocycles. The van der Waals surface area contributed by atoms with Gasteiger partial charge in [0.2, 0.25) is 0 Å². The lowest BCUT2D eigenvalue weighted by atomic mass is 9.99. The number of rotatable bonds is 5. The quantitative estimate of drug-likeness (QED) is 0.438. The molecule has 0 atom stereocenters. The minimum Gasteiger partial charge on any atom is -0.478 e. The molecule has 1 N–H and O–H groups in total. The van der Waals surface area contributed by atoms with Gasteiger partial charge in [0.15, 0.2) is 0 Å². The van der Waals surface area contributed by atoms with Crippen LogP contribution in [0.4, 0.5) is 0 Å². The van der Waals surface area contributed by atoms with Gasteiger partial charge in [-0.1, -0.05) is 66.7 Å². The van der Waals surface area contributed by atoms with Gasteiger partial charge in [-0.05, 0) is 58.7 Å². The maximum atomic E-state index is 11.0. The van der Waals surface area contributed by atoms with Crippen molar-refractivity contribution >= 4 is 5.97 Å². The van der Waals surface area contributed by atoms with Gasteiger partial charge < -0.3 is 9.84 Å². The second-order valence-corrected chi connectivity index (χ2v) is 6.40. The van der Waals surface area contributed by atoms with Crippen LogP contribution in [-0.4, -0.2) is 11.1 Å². The zero-order valence-electron chi connectivity index (χ0n) is 15.1. The number of ether oxygens (including phenoxy) is 1. The molecule has 0 aliphatic carbocycles. The van der Waals surface area contributed by atoms with Crippen molar-refractivity contribution in [3.63, 3.8) is 0 Å². The Balaban J connectivity index is 1.49. The van der Waals surface area contributed by atoms with Crippen LogP contribution < -0.4 is 4.74 Å². The second kappa shape index (κ2) is 7.80. The minimum atomic E-state index is -0.915. The zero-order valence-corrected chi connectivity index (χ0v) is 15.1. The van der Waals surface area contributed by atoms with E-state index in [2.05, 4.69) is 12.1 Å². The van der Waals surface area contributed by atoms with Crippen LogP contribution >= 0.6 is 0 Å². The van der Waals surface area contributed by atoms with E-state index in [1.807, 2.05) is 78.9 Å². The molecule has 136 valence electrons. The van der Waals surface area contributed by atoms with Gasteiger partial charge in [-0.15, -0.1) is 0 Å². The molecule has 0 unspecified atom stereocenters. The average molecular weight is 366 g/mol. The van der Waals surface area contributed by atoms with Gasteiger partial charge in [0.1, 0.15) is 11.5 Å². The van der Waals surface area contributed by atoms with Crippen molar-refractivity contribution in [3.8, 4) is 33.8 Å². The minimum absolute atomic E-state index is 0.290. The second-order valence-electron chi connectivity index (χ2n) is 6.40. The fourth-order valence-electron chi connectivity index (χ4n) is 3.00. The SMILES string of the molecule is O=C(O)c1ccc(-c2ccc(-c3ccc(Oc4ccccc4)cc3)cc2)cc1. The summed E-state index contributed by atoms with van der Waals surface area (Å²) in [4.78, 5) is 11.0. The molecule has 0 heterocycles. The number of para-hydroxylation sites is 1. The topological polar surface area (TPSA) is 46.5 Å². The zero-order chi connectivity index (χ0) is 19.3. The first-order valence-corrected chi connectivity index (χ1v) is 8.96. The van der Waals surface area contributed by atoms with E-state index in [9.17, 15) is 4.79 Å². The first kappa shape index (κ1) is 17.6. The van der Waals surface area contributed by atoms with Gasteiger partial charge in [0.05, 0.1) is 5.56 Å². The molecule has 0 aromatic heterocycles. The van der Waals surface area contributed by atoms with Crippen LogP contribution in [0.15, 0.2) is 103 Å². The van der Waals surface area contributed by atoms with Crippen LogP contribution in [0, 0.1) is 0 Å². The third-order valence-corrected chi connectivity index (χ3v) is 4.52. The van der Waals surface area contributed by atoms with Crippen LogP contribution in [-0.2, 0) is 0 Å². The predicted molar refractivity (Wildman–Crippen MR) is 111 cm³/mol. The Morgan fingerprint density at radius 1 is 0.536 bits per heavy atom. The van der Waals surface area contributed by atoms with Gasteiger partial charge in [-0.2, -0.15) is 0 Å². The number of benzene rings is 4. The fraction of sp³-hybridized carbons (Fsp3) is 0. The van der Waals surface area contributed by atoms with E-state index in [0.29, 0.717) is 0 Å². The van der Waals surface area contributed by atoms with Gasteiger partial charge in [0, 0.05) is 0 Å². The standard InChI is InChI=1S/C25H18O3/c26-25(27)22-12-10-20(11-13-22)18-6-8-19(9-7-18)21-14-16-24(17-15-21)28-23-4-2-1-3-5-23/h1-17H,(H,26,27). The summed E-state index contributed by atoms with van der Waals surface area (Å²) in [7, 11) is 0. The van der Waals surface area contributed by atoms with Gasteiger partial charge in [-0.3, -0.25) is 0 Å². The molecule has 3 heteroatoms. The van der Waals surface area contributed by atoms with Crippen molar-refractivity contribution in [3.05, 3.63) is 109 Å². The summed E-state index contributed by atoms with van der Waals surface area (Å²) < 4.78 is 5.83. The Labute approximate surface area is 163 Å². The summed E-state index contributed by atoms with van der Waals surface area (Å²) in [5, 5.41) is 9.00. The summed E-state index contributed by atoms with van der Waals surface area (Å²) in [5.74, 6) is 0.695. The van der Waals surface area contributed by atoms with E-state index in [1.165, 1.54) is 0 Å². The normalized spacial score (nSPS) is 10.4. The Morgan fingerprint density at radius 3 is 1.39 bits per heavy atom. The van der Waals surface area contributed by atoms with Crippen LogP contribution in [0.2, 0.25) is 0 Å². The molecule has 0 spiro atoms. The molecule has 0 fully saturated rings. The molecular formula is C25H18O3. The number of hydrogen-bond donors (Lipinski definition) is 1. The molecule has 0 bridgehead atoms. The molecule has 4 rings (SSSR count). The fourth-order valence-corrected chi connectivity index (χ4v) is 3.00. The summed E-state index contributed by atoms with van der Waals surface area (Å²) >= 11 is 0. The van der Waals surface area contributed by atoms with Crippen molar-refractivity contribution in [2.45, 2.75) is 0 Å². The van der Waals surface area contributed by atoms with E-state index in [0.717, 1.165) is 33.8 Å². The summed E-state index contributed by atoms with van der Waals surface area (Å²) in [5.41, 5.74) is 4.54. The molecule has 28 heavy (non-hydrogen) atoms. The molecule has 4 aromatic rings. The van der Waals surface area contributed by atoms with Crippen LogP contribution in [0.3, 0.4) is 0 Å². The lowest BCUT2D eigenvalue weighted by Crippen LogP contribution is -1.94. The molecule has 0 aliphatic heterocycles. The van der Waals surface area contributed by atoms with E-state index >= 15 is 0 Å². The first-order chi connectivity index (χ1) is 13.7. The molecule has 0 radical (unpaired) electrons. The lowest BCUT2D eigenvalue weighted by Gasteiger charge is -2.08. The highest BCUT2D eigenvalue weighted by Gasteiger charge is 2.04. The van der Waals surface area contributed by atoms with Crippen molar-refractivity contribution in [1.82, 2.24) is 0 Å². The molecule has 0 saturated heterocycles. The lowest BCUT2D eigenvalue weighted by molar-refractivity contribution is 0.0697. The molecule has 0 saturated carbocycles. The van der Waals surface area contributed by atoms with Gasteiger partial charge >= 0.3 is 5.97 Å². The van der Waals surface area contributed by atoms with Crippen LogP contribution in [0.25, 0.3) is 22.3 Å². The largest absolute Gasteiger partial charge is 0.478 e. The Kier molecular flexibility index (Phi) is 4.89. The van der Waals surface area contributed by atoms with Crippen LogP contribution in [0.5, 0.6) is 11.5 Å². The van der Waals surface area contributed by atoms with Crippen LogP contribution in [0.1, 0.15) is 10.4 Å². The number of carboxylic acid groups (broad SMARTS) is 1. The third-order valence-electron chi connectivity index (χ3n) is 4.52. The van der Waals surface area contributed by atoms with E-state index < -0.39 is 5.97 Å². The number of hydrogen-bond acceptors (Lipinski definition) is 2. The number of aromatic carboxylic acids is 1. The van der Waals surface area contributed by atoms with Gasteiger partial charge in [-0.25, -0.2) is 4.79 Å². The van der Waals surface area contributed by atoms with Crippen molar-refractivity contribution < 1.29 is 14.6 Å². The summed E-state index contributed by atoms with van der Waals surface area (Å²) in [6.07, 6.45) is 0. The van der Waals surface area contributed by atoms with E-state index in [-0.39, 0.29) is 5.56 Å². The van der Waals surface area contributed by atoms with Crippen molar-refractivity contribution in [2.75, 3.05) is 0 Å². The highest BCUT2D eigenvalue weighted by Crippen LogP contribution is 2.28. The highest BCUT2D eigenvalue weighted by molar-refractivity contribution is 5.88. The summed E-state index contributed by atoms with van der Waals surface area (Å²) in [6, 6.07) is 32.8. The highest BCUT2D eigenvalue weighted by atomic mass is 16.5. The molecule has 0 aliphatic rings. The maximum absolute atomic E-state index is 11.0. The summed E-state index contributed by atoms with van der Waals surface area (Å²) in [6.45, 7) is 0. The smallest absolute Gasteiger partial charge is 0.335 e. The van der Waals surface area contributed by atoms with E-state index in [1.54, 1.807) is 12.1 Å². The van der Waals surface area contributed by atoms with Gasteiger partial charge in [0.25, 0.3) is 0 Å². The Morgan fingerprint density at radius 2 is 0.929 bits per heavy atom. The molecule has 3 nitrogen and oxygen atoms in total. The number of carboxylic acids is 1. The molecular weight excluding hydrogens is 348 g/mol. The molecule has 0 amide bonds. The predicted octanol–water partition coefficient (Wildman–Crippen LogP) is 6.51. The maximum Gasteiger partial charge on any atom is 0.335 e. The van der Waals surface area contributed by atoms with Crippen molar-refractivity contribution in [2.24, 2.45) is 0 Å². The average Bonchev–Trinajstić information content (AvgIpc) is 2.75.